The van der Waals surface area contributed by atoms with E-state index in [0.29, 0.717) is 12.3 Å². The Balaban J connectivity index is 0.000000222. The lowest BCUT2D eigenvalue weighted by atomic mass is 10.3. The maximum atomic E-state index is 12.4. The van der Waals surface area contributed by atoms with Crippen LogP contribution in [-0.2, 0) is 37.5 Å². The number of aromatic nitrogens is 6. The minimum Gasteiger partial charge on any atom is -0.371 e. The van der Waals surface area contributed by atoms with Crippen LogP contribution in [-0.4, -0.2) is 40.1 Å². The minimum atomic E-state index is -0.684. The van der Waals surface area contributed by atoms with Crippen LogP contribution in [0, 0.1) is 0 Å². The van der Waals surface area contributed by atoms with Crippen molar-refractivity contribution in [1.82, 2.24) is 27.4 Å². The number of benzene rings is 1. The van der Waals surface area contributed by atoms with Gasteiger partial charge in [-0.05, 0) is 12.1 Å². The summed E-state index contributed by atoms with van der Waals surface area (Å²) in [5.74, 6) is 0. The first-order chi connectivity index (χ1) is 19.2. The molecule has 0 spiro atoms. The molecule has 1 atom stereocenters. The quantitative estimate of drug-likeness (QED) is 0.231. The van der Waals surface area contributed by atoms with Gasteiger partial charge in [-0.15, -0.1) is 26.3 Å². The molecule has 13 nitrogen and oxygen atoms in total. The van der Waals surface area contributed by atoms with Crippen molar-refractivity contribution in [3.63, 3.8) is 0 Å². The van der Waals surface area contributed by atoms with E-state index < -0.39 is 34.1 Å². The molecule has 1 aliphatic rings. The molecule has 13 heteroatoms. The molecular weight excluding hydrogens is 520 g/mol. The molecule has 1 unspecified atom stereocenters. The summed E-state index contributed by atoms with van der Waals surface area (Å²) in [5.41, 5.74) is -3.55. The second kappa shape index (κ2) is 13.2. The molecule has 1 aliphatic heterocycles. The van der Waals surface area contributed by atoms with Crippen LogP contribution in [0.4, 0.5) is 0 Å². The lowest BCUT2D eigenvalue weighted by Gasteiger charge is -2.11. The van der Waals surface area contributed by atoms with Crippen LogP contribution in [0.25, 0.3) is 5.69 Å². The first-order valence-electron chi connectivity index (χ1n) is 12.2. The van der Waals surface area contributed by atoms with Gasteiger partial charge in [-0.3, -0.25) is 0 Å². The van der Waals surface area contributed by atoms with Crippen molar-refractivity contribution in [3.8, 4) is 5.69 Å². The summed E-state index contributed by atoms with van der Waals surface area (Å²) in [6.45, 7) is 14.9. The van der Waals surface area contributed by atoms with Crippen molar-refractivity contribution in [2.24, 2.45) is 0 Å². The van der Waals surface area contributed by atoms with Gasteiger partial charge in [-0.2, -0.15) is 0 Å². The Morgan fingerprint density at radius 3 is 1.30 bits per heavy atom. The van der Waals surface area contributed by atoms with Crippen LogP contribution >= 0.6 is 0 Å². The van der Waals surface area contributed by atoms with Gasteiger partial charge in [0.1, 0.15) is 0 Å². The number of ether oxygens (including phenoxy) is 1. The number of nitrogens with zero attached hydrogens (tertiary/aromatic N) is 6. The molecule has 0 N–H and O–H groups in total. The van der Waals surface area contributed by atoms with E-state index in [1.165, 1.54) is 24.3 Å². The summed E-state index contributed by atoms with van der Waals surface area (Å²) in [6.07, 6.45) is 5.60. The topological polar surface area (TPSA) is 145 Å². The zero-order valence-corrected chi connectivity index (χ0v) is 21.9. The van der Waals surface area contributed by atoms with Crippen molar-refractivity contribution < 1.29 is 4.74 Å². The summed E-state index contributed by atoms with van der Waals surface area (Å²) in [5, 5.41) is 0. The van der Waals surface area contributed by atoms with Gasteiger partial charge in [0.05, 0.1) is 51.1 Å². The van der Waals surface area contributed by atoms with Crippen molar-refractivity contribution in [1.29, 1.82) is 0 Å². The van der Waals surface area contributed by atoms with Crippen LogP contribution in [0.5, 0.6) is 0 Å². The van der Waals surface area contributed by atoms with Gasteiger partial charge < -0.3 is 4.74 Å². The molecule has 40 heavy (non-hydrogen) atoms. The van der Waals surface area contributed by atoms with E-state index in [9.17, 15) is 28.8 Å². The van der Waals surface area contributed by atoms with E-state index in [0.717, 1.165) is 27.4 Å². The van der Waals surface area contributed by atoms with Gasteiger partial charge in [0, 0.05) is 0 Å². The largest absolute Gasteiger partial charge is 0.371 e. The fourth-order valence-corrected chi connectivity index (χ4v) is 3.79. The van der Waals surface area contributed by atoms with E-state index in [1.54, 1.807) is 30.3 Å². The highest BCUT2D eigenvalue weighted by Gasteiger charge is 2.26. The predicted octanol–water partition coefficient (Wildman–Crippen LogP) is -0.525. The average molecular weight is 551 g/mol. The van der Waals surface area contributed by atoms with Gasteiger partial charge in [0.25, 0.3) is 0 Å². The molecular formula is C27H30N6O7. The maximum absolute atomic E-state index is 12.4. The van der Waals surface area contributed by atoms with Crippen LogP contribution in [0.1, 0.15) is 0 Å². The number of epoxide rings is 1. The third kappa shape index (κ3) is 6.15. The molecule has 210 valence electrons. The number of hydrogen-bond donors (Lipinski definition) is 0. The van der Waals surface area contributed by atoms with Gasteiger partial charge in [-0.25, -0.2) is 56.2 Å². The molecule has 0 amide bonds. The monoisotopic (exact) mass is 550 g/mol. The molecule has 3 aromatic rings. The first kappa shape index (κ1) is 29.5. The Hall–Kier alpha value is -5.04. The standard InChI is InChI=1S/C15H15N3O3.C12H15N3O4/c1-3-10-16-13(19)17(11-4-2)15(21)18(14(16)20)12-8-6-5-7-9-12;1-3-5-13-10(16)14(6-4-2)12(18)15(11(13)17)7-9-8-19-9/h3-9H,1-2,10-11H2;3-4,9H,1-2,5-8H2. The second-order valence-electron chi connectivity index (χ2n) is 8.53. The highest BCUT2D eigenvalue weighted by atomic mass is 16.6. The zero-order valence-electron chi connectivity index (χ0n) is 21.9. The van der Waals surface area contributed by atoms with Crippen LogP contribution < -0.4 is 34.1 Å². The zero-order chi connectivity index (χ0) is 29.4. The smallest absolute Gasteiger partial charge is 0.341 e. The number of allylic oxidation sites excluding steroid dienone is 4. The molecule has 0 radical (unpaired) electrons. The molecule has 1 saturated heterocycles. The Bertz CT molecular complexity index is 1680. The summed E-state index contributed by atoms with van der Waals surface area (Å²) in [4.78, 5) is 73.2. The fraction of sp³-hybridized carbons (Fsp3) is 0.259. The van der Waals surface area contributed by atoms with Crippen LogP contribution in [0.15, 0.2) is 110 Å². The SMILES string of the molecule is C=CCn1c(=O)n(CC=C)c(=O)n(-c2ccccc2)c1=O.C=CCn1c(=O)n(CC=C)c(=O)n(CC2CO2)c1=O. The highest BCUT2D eigenvalue weighted by molar-refractivity contribution is 5.30. The summed E-state index contributed by atoms with van der Waals surface area (Å²) in [6, 6.07) is 8.45. The van der Waals surface area contributed by atoms with E-state index in [1.807, 2.05) is 0 Å². The summed E-state index contributed by atoms with van der Waals surface area (Å²) >= 11 is 0. The average Bonchev–Trinajstić information content (AvgIpc) is 3.77. The van der Waals surface area contributed by atoms with E-state index in [-0.39, 0.29) is 38.8 Å². The fourth-order valence-electron chi connectivity index (χ4n) is 3.79. The van der Waals surface area contributed by atoms with Crippen molar-refractivity contribution in [3.05, 3.63) is 144 Å². The molecule has 3 heterocycles. The third-order valence-electron chi connectivity index (χ3n) is 5.74. The Labute approximate surface area is 227 Å². The molecule has 2 aromatic heterocycles. The maximum Gasteiger partial charge on any atom is 0.341 e. The highest BCUT2D eigenvalue weighted by Crippen LogP contribution is 2.08. The number of hydrogen-bond acceptors (Lipinski definition) is 7. The number of rotatable bonds is 11. The van der Waals surface area contributed by atoms with Gasteiger partial charge >= 0.3 is 34.1 Å². The molecule has 0 saturated carbocycles. The molecule has 0 bridgehead atoms. The minimum absolute atomic E-state index is 0.0297. The van der Waals surface area contributed by atoms with Crippen LogP contribution in [0.3, 0.4) is 0 Å². The van der Waals surface area contributed by atoms with Crippen molar-refractivity contribution in [2.45, 2.75) is 38.8 Å². The third-order valence-corrected chi connectivity index (χ3v) is 5.74. The van der Waals surface area contributed by atoms with Crippen molar-refractivity contribution in [2.75, 3.05) is 6.61 Å². The van der Waals surface area contributed by atoms with Crippen molar-refractivity contribution >= 4 is 0 Å². The lowest BCUT2D eigenvalue weighted by molar-refractivity contribution is 0.362. The molecule has 1 aromatic carbocycles. The Kier molecular flexibility index (Phi) is 9.71. The normalized spacial score (nSPS) is 13.6. The van der Waals surface area contributed by atoms with E-state index in [2.05, 4.69) is 26.3 Å². The van der Waals surface area contributed by atoms with E-state index >= 15 is 0 Å². The lowest BCUT2D eigenvalue weighted by Crippen LogP contribution is -2.54. The predicted molar refractivity (Wildman–Crippen MR) is 150 cm³/mol. The first-order valence-corrected chi connectivity index (χ1v) is 12.2. The molecule has 1 fully saturated rings. The summed E-state index contributed by atoms with van der Waals surface area (Å²) in [7, 11) is 0. The van der Waals surface area contributed by atoms with Gasteiger partial charge in [0.15, 0.2) is 0 Å². The molecule has 0 aliphatic carbocycles. The second-order valence-corrected chi connectivity index (χ2v) is 8.53. The van der Waals surface area contributed by atoms with Gasteiger partial charge in [-0.1, -0.05) is 42.5 Å². The van der Waals surface area contributed by atoms with E-state index in [4.69, 9.17) is 4.74 Å². The Morgan fingerprint density at radius 2 is 0.950 bits per heavy atom. The number of para-hydroxylation sites is 1. The van der Waals surface area contributed by atoms with Gasteiger partial charge in [0.2, 0.25) is 0 Å². The Morgan fingerprint density at radius 1 is 0.600 bits per heavy atom. The van der Waals surface area contributed by atoms with Crippen LogP contribution in [0.2, 0.25) is 0 Å². The summed E-state index contributed by atoms with van der Waals surface area (Å²) < 4.78 is 10.9. The molecule has 4 rings (SSSR count).